The molecule has 1 saturated heterocycles. The SMILES string of the molecule is Cc1cc(Cl)ccc1-c1nc(N2CCCNCC2)n[nH]1. The van der Waals surface area contributed by atoms with Crippen LogP contribution < -0.4 is 10.2 Å². The summed E-state index contributed by atoms with van der Waals surface area (Å²) in [6, 6.07) is 5.79. The van der Waals surface area contributed by atoms with Crippen molar-refractivity contribution in [2.45, 2.75) is 13.3 Å². The van der Waals surface area contributed by atoms with Crippen molar-refractivity contribution < 1.29 is 0 Å². The van der Waals surface area contributed by atoms with Gasteiger partial charge in [-0.2, -0.15) is 4.98 Å². The Kier molecular flexibility index (Phi) is 3.89. The van der Waals surface area contributed by atoms with Crippen LogP contribution in [0.2, 0.25) is 5.02 Å². The van der Waals surface area contributed by atoms with Gasteiger partial charge in [0, 0.05) is 30.2 Å². The number of anilines is 1. The van der Waals surface area contributed by atoms with Crippen LogP contribution in [0, 0.1) is 6.92 Å². The summed E-state index contributed by atoms with van der Waals surface area (Å²) in [4.78, 5) is 6.84. The van der Waals surface area contributed by atoms with Crippen LogP contribution in [-0.2, 0) is 0 Å². The van der Waals surface area contributed by atoms with Gasteiger partial charge in [-0.1, -0.05) is 11.6 Å². The Morgan fingerprint density at radius 3 is 3.00 bits per heavy atom. The molecule has 1 aromatic carbocycles. The summed E-state index contributed by atoms with van der Waals surface area (Å²) >= 11 is 5.99. The molecule has 1 aliphatic rings. The van der Waals surface area contributed by atoms with E-state index in [1.165, 1.54) is 0 Å². The van der Waals surface area contributed by atoms with Crippen molar-refractivity contribution in [2.24, 2.45) is 0 Å². The minimum atomic E-state index is 0.740. The molecule has 0 amide bonds. The number of aryl methyl sites for hydroxylation is 1. The summed E-state index contributed by atoms with van der Waals surface area (Å²) in [5.41, 5.74) is 2.14. The van der Waals surface area contributed by atoms with E-state index in [0.717, 1.165) is 60.5 Å². The van der Waals surface area contributed by atoms with Gasteiger partial charge in [0.25, 0.3) is 0 Å². The minimum Gasteiger partial charge on any atom is -0.338 e. The van der Waals surface area contributed by atoms with E-state index < -0.39 is 0 Å². The van der Waals surface area contributed by atoms with E-state index in [9.17, 15) is 0 Å². The molecule has 1 aliphatic heterocycles. The summed E-state index contributed by atoms with van der Waals surface area (Å²) in [5, 5.41) is 11.5. The van der Waals surface area contributed by atoms with Crippen LogP contribution in [0.15, 0.2) is 18.2 Å². The van der Waals surface area contributed by atoms with Gasteiger partial charge in [-0.3, -0.25) is 5.10 Å². The van der Waals surface area contributed by atoms with Crippen LogP contribution in [0.1, 0.15) is 12.0 Å². The summed E-state index contributed by atoms with van der Waals surface area (Å²) in [5.74, 6) is 1.57. The molecule has 1 fully saturated rings. The van der Waals surface area contributed by atoms with Gasteiger partial charge >= 0.3 is 0 Å². The lowest BCUT2D eigenvalue weighted by Crippen LogP contribution is -2.28. The minimum absolute atomic E-state index is 0.740. The number of nitrogens with one attached hydrogen (secondary N) is 2. The van der Waals surface area contributed by atoms with E-state index in [2.05, 4.69) is 25.4 Å². The van der Waals surface area contributed by atoms with E-state index in [0.29, 0.717) is 0 Å². The number of hydrogen-bond donors (Lipinski definition) is 2. The van der Waals surface area contributed by atoms with Crippen LogP contribution in [0.4, 0.5) is 5.95 Å². The molecule has 0 bridgehead atoms. The first-order chi connectivity index (χ1) is 9.74. The molecule has 106 valence electrons. The van der Waals surface area contributed by atoms with E-state index in [4.69, 9.17) is 11.6 Å². The Labute approximate surface area is 123 Å². The molecule has 2 aromatic rings. The van der Waals surface area contributed by atoms with Gasteiger partial charge in [0.1, 0.15) is 0 Å². The third kappa shape index (κ3) is 2.78. The normalized spacial score (nSPS) is 16.2. The highest BCUT2D eigenvalue weighted by atomic mass is 35.5. The number of aromatic nitrogens is 3. The molecule has 2 heterocycles. The zero-order valence-corrected chi connectivity index (χ0v) is 12.2. The molecule has 2 N–H and O–H groups in total. The fourth-order valence-corrected chi connectivity index (χ4v) is 2.68. The summed E-state index contributed by atoms with van der Waals surface area (Å²) in [6.45, 7) is 5.99. The molecule has 1 aromatic heterocycles. The second-order valence-electron chi connectivity index (χ2n) is 5.03. The molecule has 5 nitrogen and oxygen atoms in total. The van der Waals surface area contributed by atoms with Crippen molar-refractivity contribution in [3.8, 4) is 11.4 Å². The van der Waals surface area contributed by atoms with Crippen LogP contribution in [-0.4, -0.2) is 41.4 Å². The second-order valence-corrected chi connectivity index (χ2v) is 5.47. The number of benzene rings is 1. The number of halogens is 1. The Balaban J connectivity index is 1.85. The average molecular weight is 292 g/mol. The standard InChI is InChI=1S/C14H18ClN5/c1-10-9-11(15)3-4-12(10)13-17-14(19-18-13)20-7-2-5-16-6-8-20/h3-4,9,16H,2,5-8H2,1H3,(H,17,18,19). The van der Waals surface area contributed by atoms with Crippen LogP contribution in [0.3, 0.4) is 0 Å². The molecule has 0 unspecified atom stereocenters. The quantitative estimate of drug-likeness (QED) is 0.891. The number of rotatable bonds is 2. The number of hydrogen-bond acceptors (Lipinski definition) is 4. The maximum atomic E-state index is 5.99. The number of H-pyrrole nitrogens is 1. The van der Waals surface area contributed by atoms with Crippen molar-refractivity contribution in [3.63, 3.8) is 0 Å². The van der Waals surface area contributed by atoms with Crippen molar-refractivity contribution in [1.29, 1.82) is 0 Å². The Morgan fingerprint density at radius 2 is 2.15 bits per heavy atom. The fraction of sp³-hybridized carbons (Fsp3) is 0.429. The lowest BCUT2D eigenvalue weighted by Gasteiger charge is -2.16. The highest BCUT2D eigenvalue weighted by Crippen LogP contribution is 2.24. The lowest BCUT2D eigenvalue weighted by molar-refractivity contribution is 0.724. The molecular weight excluding hydrogens is 274 g/mol. The first-order valence-electron chi connectivity index (χ1n) is 6.88. The van der Waals surface area contributed by atoms with E-state index in [-0.39, 0.29) is 0 Å². The van der Waals surface area contributed by atoms with Gasteiger partial charge in [0.15, 0.2) is 5.82 Å². The molecule has 6 heteroatoms. The van der Waals surface area contributed by atoms with E-state index in [1.807, 2.05) is 25.1 Å². The molecule has 0 atom stereocenters. The van der Waals surface area contributed by atoms with Gasteiger partial charge in [-0.15, -0.1) is 5.10 Å². The lowest BCUT2D eigenvalue weighted by atomic mass is 10.1. The summed E-state index contributed by atoms with van der Waals surface area (Å²) in [6.07, 6.45) is 1.11. The molecule has 0 aliphatic carbocycles. The summed E-state index contributed by atoms with van der Waals surface area (Å²) < 4.78 is 0. The number of aromatic amines is 1. The van der Waals surface area contributed by atoms with Crippen molar-refractivity contribution in [3.05, 3.63) is 28.8 Å². The molecule has 0 radical (unpaired) electrons. The fourth-order valence-electron chi connectivity index (χ4n) is 2.45. The van der Waals surface area contributed by atoms with Gasteiger partial charge in [0.05, 0.1) is 0 Å². The predicted octanol–water partition coefficient (Wildman–Crippen LogP) is 2.23. The Hall–Kier alpha value is -1.59. The summed E-state index contributed by atoms with van der Waals surface area (Å²) in [7, 11) is 0. The van der Waals surface area contributed by atoms with Crippen molar-refractivity contribution in [2.75, 3.05) is 31.1 Å². The van der Waals surface area contributed by atoms with E-state index in [1.54, 1.807) is 0 Å². The first-order valence-corrected chi connectivity index (χ1v) is 7.26. The van der Waals surface area contributed by atoms with Crippen molar-refractivity contribution in [1.82, 2.24) is 20.5 Å². The average Bonchev–Trinajstić information content (AvgIpc) is 2.74. The zero-order chi connectivity index (χ0) is 13.9. The number of nitrogens with zero attached hydrogens (tertiary/aromatic N) is 3. The smallest absolute Gasteiger partial charge is 0.245 e. The zero-order valence-electron chi connectivity index (χ0n) is 11.5. The topological polar surface area (TPSA) is 56.8 Å². The largest absolute Gasteiger partial charge is 0.338 e. The van der Waals surface area contributed by atoms with Crippen LogP contribution in [0.5, 0.6) is 0 Å². The monoisotopic (exact) mass is 291 g/mol. The molecule has 3 rings (SSSR count). The van der Waals surface area contributed by atoms with Crippen LogP contribution in [0.25, 0.3) is 11.4 Å². The molecular formula is C14H18ClN5. The molecule has 20 heavy (non-hydrogen) atoms. The Bertz CT molecular complexity index is 587. The first kappa shape index (κ1) is 13.4. The molecule has 0 spiro atoms. The third-order valence-corrected chi connectivity index (χ3v) is 3.78. The van der Waals surface area contributed by atoms with Gasteiger partial charge in [-0.05, 0) is 43.7 Å². The van der Waals surface area contributed by atoms with Gasteiger partial charge in [0.2, 0.25) is 5.95 Å². The highest BCUT2D eigenvalue weighted by molar-refractivity contribution is 6.30. The Morgan fingerprint density at radius 1 is 1.25 bits per heavy atom. The van der Waals surface area contributed by atoms with E-state index >= 15 is 0 Å². The maximum Gasteiger partial charge on any atom is 0.245 e. The third-order valence-electron chi connectivity index (χ3n) is 3.54. The van der Waals surface area contributed by atoms with Gasteiger partial charge in [-0.25, -0.2) is 0 Å². The van der Waals surface area contributed by atoms with Crippen molar-refractivity contribution >= 4 is 17.5 Å². The van der Waals surface area contributed by atoms with Gasteiger partial charge < -0.3 is 10.2 Å². The maximum absolute atomic E-state index is 5.99. The van der Waals surface area contributed by atoms with Crippen LogP contribution >= 0.6 is 11.6 Å². The highest BCUT2D eigenvalue weighted by Gasteiger charge is 2.15. The molecule has 0 saturated carbocycles. The second kappa shape index (κ2) is 5.81. The predicted molar refractivity (Wildman–Crippen MR) is 81.3 cm³/mol.